The van der Waals surface area contributed by atoms with Gasteiger partial charge in [-0.15, -0.1) is 0 Å². The summed E-state index contributed by atoms with van der Waals surface area (Å²) in [6, 6.07) is 5.28. The van der Waals surface area contributed by atoms with E-state index in [4.69, 9.17) is 22.4 Å². The van der Waals surface area contributed by atoms with Gasteiger partial charge >= 0.3 is 23.9 Å². The lowest BCUT2D eigenvalue weighted by atomic mass is 10.1. The van der Waals surface area contributed by atoms with Gasteiger partial charge in [-0.3, -0.25) is 19.2 Å². The van der Waals surface area contributed by atoms with Crippen LogP contribution in [-0.2, 0) is 30.4 Å². The van der Waals surface area contributed by atoms with E-state index in [-0.39, 0.29) is 38.1 Å². The van der Waals surface area contributed by atoms with Gasteiger partial charge in [-0.2, -0.15) is 0 Å². The quantitative estimate of drug-likeness (QED) is 0.0480. The largest absolute Gasteiger partial charge is 0.481 e. The van der Waals surface area contributed by atoms with Crippen molar-refractivity contribution < 1.29 is 44.1 Å². The van der Waals surface area contributed by atoms with Gasteiger partial charge in [-0.1, -0.05) is 18.6 Å². The number of hydrogen-bond acceptors (Lipinski definition) is 11. The molecule has 0 spiro atoms. The summed E-state index contributed by atoms with van der Waals surface area (Å²) in [5.41, 5.74) is 2.11. The zero-order chi connectivity index (χ0) is 41.0. The second-order valence-corrected chi connectivity index (χ2v) is 13.8. The molecule has 1 saturated heterocycles. The van der Waals surface area contributed by atoms with Crippen molar-refractivity contribution in [3.8, 4) is 0 Å². The van der Waals surface area contributed by atoms with E-state index in [0.29, 0.717) is 43.4 Å². The number of carboxylic acid groups (broad SMARTS) is 3. The molecule has 1 aromatic carbocycles. The molecule has 4 amide bonds. The van der Waals surface area contributed by atoms with Crippen molar-refractivity contribution in [3.63, 3.8) is 0 Å². The first-order valence-corrected chi connectivity index (χ1v) is 19.6. The van der Waals surface area contributed by atoms with Crippen LogP contribution in [0.15, 0.2) is 24.3 Å². The number of carboxylic acids is 3. The van der Waals surface area contributed by atoms with E-state index < -0.39 is 48.5 Å². The highest BCUT2D eigenvalue weighted by Gasteiger charge is 2.22. The summed E-state index contributed by atoms with van der Waals surface area (Å²) in [5.74, 6) is -4.64. The maximum Gasteiger partial charge on any atom is 0.326 e. The van der Waals surface area contributed by atoms with E-state index in [9.17, 15) is 33.9 Å². The number of amides is 4. The molecule has 2 rings (SSSR count). The molecular formula is C36H60N10O9S. The minimum atomic E-state index is -1.30. The molecule has 3 atom stereocenters. The normalized spacial score (nSPS) is 16.0. The molecule has 1 aromatic rings. The second-order valence-electron chi connectivity index (χ2n) is 13.4. The van der Waals surface area contributed by atoms with Crippen molar-refractivity contribution in [1.29, 1.82) is 0 Å². The third-order valence-corrected chi connectivity index (χ3v) is 8.91. The maximum absolute atomic E-state index is 12.8. The highest BCUT2D eigenvalue weighted by Crippen LogP contribution is 2.12. The van der Waals surface area contributed by atoms with Gasteiger partial charge < -0.3 is 68.5 Å². The fraction of sp³-hybridized carbons (Fsp3) is 0.639. The van der Waals surface area contributed by atoms with Crippen LogP contribution in [0.3, 0.4) is 0 Å². The van der Waals surface area contributed by atoms with E-state index >= 15 is 0 Å². The van der Waals surface area contributed by atoms with Crippen LogP contribution in [0.2, 0.25) is 0 Å². The summed E-state index contributed by atoms with van der Waals surface area (Å²) in [4.78, 5) is 70.2. The molecule has 13 N–H and O–H groups in total. The number of carbonyl (C=O) groups excluding carboxylic acids is 3. The van der Waals surface area contributed by atoms with E-state index in [1.54, 1.807) is 0 Å². The number of anilines is 1. The van der Waals surface area contributed by atoms with Crippen LogP contribution in [0.25, 0.3) is 0 Å². The molecule has 19 nitrogen and oxygen atoms in total. The van der Waals surface area contributed by atoms with Crippen molar-refractivity contribution >= 4 is 58.8 Å². The molecule has 0 aliphatic carbocycles. The molecule has 1 aliphatic rings. The van der Waals surface area contributed by atoms with Gasteiger partial charge in [-0.05, 0) is 74.9 Å². The molecule has 1 unspecified atom stereocenters. The molecular weight excluding hydrogens is 749 g/mol. The average Bonchev–Trinajstić information content (AvgIpc) is 3.14. The van der Waals surface area contributed by atoms with Crippen LogP contribution in [-0.4, -0.2) is 140 Å². The van der Waals surface area contributed by atoms with Gasteiger partial charge in [0, 0.05) is 83.5 Å². The lowest BCUT2D eigenvalue weighted by Crippen LogP contribution is -2.47. The maximum atomic E-state index is 12.8. The fourth-order valence-corrected chi connectivity index (χ4v) is 5.89. The van der Waals surface area contributed by atoms with Crippen molar-refractivity contribution in [1.82, 2.24) is 47.9 Å². The van der Waals surface area contributed by atoms with Crippen LogP contribution < -0.4 is 53.2 Å². The Balaban J connectivity index is 1.65. The smallest absolute Gasteiger partial charge is 0.326 e. The summed E-state index contributed by atoms with van der Waals surface area (Å²) >= 11 is 5.45. The SMILES string of the molecule is O=C(O)CC[C@H](NC(=O)CCCCCNC(=S)Nc1ccc(CC2CNCCNCCNCCN2)cc1)C(=O)NCCCC[C@H](NC(=O)NCC(=O)O)C(=O)O. The molecule has 20 heteroatoms. The van der Waals surface area contributed by atoms with Crippen LogP contribution in [0.4, 0.5) is 10.5 Å². The zero-order valence-corrected chi connectivity index (χ0v) is 32.7. The summed E-state index contributed by atoms with van der Waals surface area (Å²) in [7, 11) is 0. The average molecular weight is 809 g/mol. The Morgan fingerprint density at radius 2 is 1.36 bits per heavy atom. The lowest BCUT2D eigenvalue weighted by molar-refractivity contribution is -0.140. The molecule has 1 fully saturated rings. The predicted molar refractivity (Wildman–Crippen MR) is 214 cm³/mol. The van der Waals surface area contributed by atoms with Gasteiger partial charge in [-0.25, -0.2) is 9.59 Å². The van der Waals surface area contributed by atoms with Crippen LogP contribution >= 0.6 is 12.2 Å². The highest BCUT2D eigenvalue weighted by molar-refractivity contribution is 7.80. The molecule has 0 bridgehead atoms. The second kappa shape index (κ2) is 28.7. The summed E-state index contributed by atoms with van der Waals surface area (Å²) in [5, 5.41) is 57.4. The molecule has 56 heavy (non-hydrogen) atoms. The first kappa shape index (κ1) is 47.5. The minimum Gasteiger partial charge on any atom is -0.481 e. The topological polar surface area (TPSA) is 283 Å². The fourth-order valence-electron chi connectivity index (χ4n) is 5.67. The monoisotopic (exact) mass is 808 g/mol. The van der Waals surface area contributed by atoms with E-state index in [2.05, 4.69) is 60.0 Å². The molecule has 1 aliphatic heterocycles. The van der Waals surface area contributed by atoms with Gasteiger partial charge in [0.25, 0.3) is 0 Å². The number of carbonyl (C=O) groups is 6. The van der Waals surface area contributed by atoms with Crippen molar-refractivity contribution in [2.45, 2.75) is 82.3 Å². The number of aliphatic carboxylic acids is 3. The number of urea groups is 1. The Kier molecular flexibility index (Phi) is 24.4. The Labute approximate surface area is 333 Å². The van der Waals surface area contributed by atoms with Gasteiger partial charge in [0.15, 0.2) is 5.11 Å². The van der Waals surface area contributed by atoms with E-state index in [1.807, 2.05) is 17.4 Å². The molecule has 314 valence electrons. The lowest BCUT2D eigenvalue weighted by Gasteiger charge is -2.21. The molecule has 0 radical (unpaired) electrons. The first-order valence-electron chi connectivity index (χ1n) is 19.2. The molecule has 0 saturated carbocycles. The van der Waals surface area contributed by atoms with E-state index in [0.717, 1.165) is 64.3 Å². The third kappa shape index (κ3) is 23.3. The Morgan fingerprint density at radius 3 is 2.04 bits per heavy atom. The number of hydrogen-bond donors (Lipinski definition) is 13. The number of unbranched alkanes of at least 4 members (excludes halogenated alkanes) is 3. The van der Waals surface area contributed by atoms with Gasteiger partial charge in [0.2, 0.25) is 11.8 Å². The third-order valence-electron chi connectivity index (χ3n) is 8.66. The van der Waals surface area contributed by atoms with Crippen molar-refractivity contribution in [2.75, 3.05) is 70.8 Å². The van der Waals surface area contributed by atoms with E-state index in [1.165, 1.54) is 5.56 Å². The van der Waals surface area contributed by atoms with Crippen LogP contribution in [0, 0.1) is 0 Å². The first-order chi connectivity index (χ1) is 26.9. The number of rotatable bonds is 23. The summed E-state index contributed by atoms with van der Waals surface area (Å²) in [6.45, 7) is 6.57. The summed E-state index contributed by atoms with van der Waals surface area (Å²) < 4.78 is 0. The molecule has 1 heterocycles. The Hall–Kier alpha value is -4.63. The van der Waals surface area contributed by atoms with Crippen molar-refractivity contribution in [3.05, 3.63) is 29.8 Å². The highest BCUT2D eigenvalue weighted by atomic mass is 32.1. The molecule has 0 aromatic heterocycles. The standard InChI is InChI=1S/C36H60N10O9S/c47-30(45-28(12-13-31(48)49)33(52)41-14-5-3-6-29(34(53)54)46-35(55)43-24-32(50)51)7-2-1-4-15-42-36(56)44-26-10-8-25(9-11-26)22-27-23-39-19-18-37-16-17-38-20-21-40-27/h8-11,27-29,37-40H,1-7,12-24H2,(H,41,52)(H,45,47)(H,48,49)(H,50,51)(H,53,54)(H2,42,44,56)(H2,43,46,55)/t27?,28-,29-/m0/s1. The summed E-state index contributed by atoms with van der Waals surface area (Å²) in [6.07, 6.45) is 3.27. The Bertz CT molecular complexity index is 1380. The van der Waals surface area contributed by atoms with Crippen LogP contribution in [0.5, 0.6) is 0 Å². The number of nitrogens with one attached hydrogen (secondary N) is 10. The zero-order valence-electron chi connectivity index (χ0n) is 31.9. The predicted octanol–water partition coefficient (Wildman–Crippen LogP) is -0.710. The number of thiocarbonyl (C=S) groups is 1. The van der Waals surface area contributed by atoms with Gasteiger partial charge in [0.05, 0.1) is 0 Å². The minimum absolute atomic E-state index is 0.0186. The van der Waals surface area contributed by atoms with Crippen LogP contribution in [0.1, 0.15) is 63.4 Å². The van der Waals surface area contributed by atoms with Gasteiger partial charge in [0.1, 0.15) is 18.6 Å². The number of benzene rings is 1. The van der Waals surface area contributed by atoms with Crippen molar-refractivity contribution in [2.24, 2.45) is 0 Å². The Morgan fingerprint density at radius 1 is 0.696 bits per heavy atom.